The van der Waals surface area contributed by atoms with Gasteiger partial charge in [0.15, 0.2) is 0 Å². The first-order valence-electron chi connectivity index (χ1n) is 7.80. The monoisotopic (exact) mass is 273 g/mol. The van der Waals surface area contributed by atoms with Gasteiger partial charge in [-0.05, 0) is 31.2 Å². The van der Waals surface area contributed by atoms with Crippen molar-refractivity contribution in [3.05, 3.63) is 35.9 Å². The number of hydrogen-bond donors (Lipinski definition) is 0. The van der Waals surface area contributed by atoms with Crippen LogP contribution >= 0.6 is 0 Å². The summed E-state index contributed by atoms with van der Waals surface area (Å²) in [6.07, 6.45) is 5.64. The molecule has 2 aliphatic heterocycles. The summed E-state index contributed by atoms with van der Waals surface area (Å²) in [5.74, 6) is -0.0158. The predicted octanol–water partition coefficient (Wildman–Crippen LogP) is 3.31. The Morgan fingerprint density at radius 3 is 2.75 bits per heavy atom. The maximum absolute atomic E-state index is 12.1. The van der Waals surface area contributed by atoms with Crippen LogP contribution in [0.3, 0.4) is 0 Å². The smallest absolute Gasteiger partial charge is 0.323 e. The van der Waals surface area contributed by atoms with Gasteiger partial charge in [0.1, 0.15) is 12.6 Å². The van der Waals surface area contributed by atoms with Crippen molar-refractivity contribution >= 4 is 5.97 Å². The highest BCUT2D eigenvalue weighted by Crippen LogP contribution is 2.37. The second-order valence-corrected chi connectivity index (χ2v) is 5.89. The molecular formula is C17H23NO2. The van der Waals surface area contributed by atoms with Crippen LogP contribution in [0.1, 0.15) is 50.6 Å². The third-order valence-electron chi connectivity index (χ3n) is 4.62. The average Bonchev–Trinajstić information content (AvgIpc) is 2.50. The highest BCUT2D eigenvalue weighted by atomic mass is 16.5. The minimum absolute atomic E-state index is 0.0158. The summed E-state index contributed by atoms with van der Waals surface area (Å²) in [4.78, 5) is 14.5. The molecule has 2 heterocycles. The highest BCUT2D eigenvalue weighted by molar-refractivity contribution is 5.77. The molecule has 2 saturated heterocycles. The Balaban J connectivity index is 1.90. The summed E-state index contributed by atoms with van der Waals surface area (Å²) < 4.78 is 5.46. The fourth-order valence-electron chi connectivity index (χ4n) is 3.72. The molecule has 0 radical (unpaired) electrons. The molecule has 0 saturated carbocycles. The third-order valence-corrected chi connectivity index (χ3v) is 4.62. The molecule has 0 aliphatic carbocycles. The zero-order chi connectivity index (χ0) is 13.9. The van der Waals surface area contributed by atoms with Crippen molar-refractivity contribution in [1.82, 2.24) is 4.90 Å². The number of fused-ring (bicyclic) bond motifs is 1. The second-order valence-electron chi connectivity index (χ2n) is 5.89. The normalized spacial score (nSPS) is 30.6. The van der Waals surface area contributed by atoms with E-state index in [9.17, 15) is 4.79 Å². The van der Waals surface area contributed by atoms with E-state index in [1.54, 1.807) is 0 Å². The zero-order valence-electron chi connectivity index (χ0n) is 12.1. The summed E-state index contributed by atoms with van der Waals surface area (Å²) in [5, 5.41) is 0. The molecular weight excluding hydrogens is 250 g/mol. The van der Waals surface area contributed by atoms with Crippen LogP contribution in [0, 0.1) is 0 Å². The van der Waals surface area contributed by atoms with Crippen LogP contribution < -0.4 is 0 Å². The van der Waals surface area contributed by atoms with Crippen LogP contribution in [0.2, 0.25) is 0 Å². The second kappa shape index (κ2) is 5.96. The molecule has 2 fully saturated rings. The average molecular weight is 273 g/mol. The molecule has 0 aromatic heterocycles. The van der Waals surface area contributed by atoms with Gasteiger partial charge in [0.2, 0.25) is 0 Å². The van der Waals surface area contributed by atoms with Crippen molar-refractivity contribution < 1.29 is 9.53 Å². The van der Waals surface area contributed by atoms with E-state index in [4.69, 9.17) is 4.74 Å². The van der Waals surface area contributed by atoms with Gasteiger partial charge in [0.25, 0.3) is 0 Å². The number of esters is 1. The molecule has 1 aromatic rings. The number of rotatable bonds is 3. The number of cyclic esters (lactones) is 1. The van der Waals surface area contributed by atoms with Gasteiger partial charge >= 0.3 is 5.97 Å². The summed E-state index contributed by atoms with van der Waals surface area (Å²) in [6, 6.07) is 11.2. The standard InChI is InChI=1S/C17H23NO2/c1-2-7-14-10-6-11-15-17(19)20-12-16(18(14)15)13-8-4-3-5-9-13/h3-5,8-9,14-16H,2,6-7,10-12H2,1H3/t14-,15-,16-/m0/s1. The first-order valence-corrected chi connectivity index (χ1v) is 7.80. The fourth-order valence-corrected chi connectivity index (χ4v) is 3.72. The number of piperidine rings is 1. The summed E-state index contributed by atoms with van der Waals surface area (Å²) in [5.41, 5.74) is 1.27. The molecule has 3 atom stereocenters. The molecule has 3 rings (SSSR count). The van der Waals surface area contributed by atoms with Crippen molar-refractivity contribution in [3.63, 3.8) is 0 Å². The number of nitrogens with zero attached hydrogens (tertiary/aromatic N) is 1. The molecule has 1 aromatic carbocycles. The van der Waals surface area contributed by atoms with E-state index in [1.165, 1.54) is 24.8 Å². The van der Waals surface area contributed by atoms with E-state index in [-0.39, 0.29) is 18.1 Å². The van der Waals surface area contributed by atoms with Gasteiger partial charge in [-0.2, -0.15) is 0 Å². The van der Waals surface area contributed by atoms with Gasteiger partial charge in [0, 0.05) is 6.04 Å². The Kier molecular flexibility index (Phi) is 4.06. The molecule has 3 heteroatoms. The number of ether oxygens (including phenoxy) is 1. The number of benzene rings is 1. The summed E-state index contributed by atoms with van der Waals surface area (Å²) >= 11 is 0. The molecule has 0 bridgehead atoms. The quantitative estimate of drug-likeness (QED) is 0.791. The lowest BCUT2D eigenvalue weighted by Gasteiger charge is -2.48. The van der Waals surface area contributed by atoms with Gasteiger partial charge in [-0.3, -0.25) is 9.69 Å². The minimum atomic E-state index is -0.0285. The summed E-state index contributed by atoms with van der Waals surface area (Å²) in [7, 11) is 0. The number of carbonyl (C=O) groups excluding carboxylic acids is 1. The summed E-state index contributed by atoms with van der Waals surface area (Å²) in [6.45, 7) is 2.73. The van der Waals surface area contributed by atoms with E-state index in [2.05, 4.69) is 36.1 Å². The van der Waals surface area contributed by atoms with Crippen LogP contribution in [0.15, 0.2) is 30.3 Å². The van der Waals surface area contributed by atoms with Gasteiger partial charge < -0.3 is 4.74 Å². The molecule has 0 spiro atoms. The lowest BCUT2D eigenvalue weighted by molar-refractivity contribution is -0.169. The number of hydrogen-bond acceptors (Lipinski definition) is 3. The van der Waals surface area contributed by atoms with E-state index < -0.39 is 0 Å². The van der Waals surface area contributed by atoms with Crippen molar-refractivity contribution in [3.8, 4) is 0 Å². The number of morpholine rings is 1. The minimum Gasteiger partial charge on any atom is -0.462 e. The molecule has 3 nitrogen and oxygen atoms in total. The number of carbonyl (C=O) groups is 1. The van der Waals surface area contributed by atoms with E-state index in [1.807, 2.05) is 6.07 Å². The van der Waals surface area contributed by atoms with Gasteiger partial charge in [-0.1, -0.05) is 43.7 Å². The Morgan fingerprint density at radius 1 is 1.20 bits per heavy atom. The van der Waals surface area contributed by atoms with Crippen molar-refractivity contribution in [2.24, 2.45) is 0 Å². The molecule has 0 amide bonds. The first kappa shape index (κ1) is 13.6. The predicted molar refractivity (Wildman–Crippen MR) is 78.3 cm³/mol. The lowest BCUT2D eigenvalue weighted by Crippen LogP contribution is -2.56. The Labute approximate surface area is 120 Å². The zero-order valence-corrected chi connectivity index (χ0v) is 12.1. The van der Waals surface area contributed by atoms with E-state index in [0.717, 1.165) is 12.8 Å². The molecule has 0 N–H and O–H groups in total. The largest absolute Gasteiger partial charge is 0.462 e. The van der Waals surface area contributed by atoms with Crippen LogP contribution in [0.5, 0.6) is 0 Å². The van der Waals surface area contributed by atoms with Crippen molar-refractivity contribution in [2.75, 3.05) is 6.61 Å². The highest BCUT2D eigenvalue weighted by Gasteiger charge is 2.43. The first-order chi connectivity index (χ1) is 9.81. The third kappa shape index (κ3) is 2.47. The lowest BCUT2D eigenvalue weighted by atomic mass is 9.88. The Morgan fingerprint density at radius 2 is 2.00 bits per heavy atom. The van der Waals surface area contributed by atoms with E-state index >= 15 is 0 Å². The van der Waals surface area contributed by atoms with Gasteiger partial charge in [-0.15, -0.1) is 0 Å². The van der Waals surface area contributed by atoms with Crippen LogP contribution in [-0.4, -0.2) is 29.6 Å². The van der Waals surface area contributed by atoms with Gasteiger partial charge in [0.05, 0.1) is 6.04 Å². The Hall–Kier alpha value is -1.35. The SMILES string of the molecule is CCC[C@H]1CCC[C@H]2C(=O)OC[C@@H](c3ccccc3)N12. The van der Waals surface area contributed by atoms with Crippen molar-refractivity contribution in [2.45, 2.75) is 57.2 Å². The maximum Gasteiger partial charge on any atom is 0.323 e. The molecule has 0 unspecified atom stereocenters. The maximum atomic E-state index is 12.1. The van der Waals surface area contributed by atoms with E-state index in [0.29, 0.717) is 12.6 Å². The van der Waals surface area contributed by atoms with Gasteiger partial charge in [-0.25, -0.2) is 0 Å². The topological polar surface area (TPSA) is 29.5 Å². The molecule has 20 heavy (non-hydrogen) atoms. The van der Waals surface area contributed by atoms with Crippen molar-refractivity contribution in [1.29, 1.82) is 0 Å². The van der Waals surface area contributed by atoms with Crippen LogP contribution in [0.4, 0.5) is 0 Å². The van der Waals surface area contributed by atoms with Crippen LogP contribution in [-0.2, 0) is 9.53 Å². The van der Waals surface area contributed by atoms with Crippen LogP contribution in [0.25, 0.3) is 0 Å². The molecule has 2 aliphatic rings. The fraction of sp³-hybridized carbons (Fsp3) is 0.588. The molecule has 108 valence electrons. The Bertz CT molecular complexity index is 457.